The molecule has 2 heterocycles. The second-order valence-corrected chi connectivity index (χ2v) is 16.4. The molecule has 2 fully saturated rings. The molecule has 3 nitrogen and oxygen atoms in total. The summed E-state index contributed by atoms with van der Waals surface area (Å²) in [5.74, 6) is 0.613. The number of alkyl halides is 1. The Bertz CT molecular complexity index is 2040. The molecule has 6 aromatic rings. The SMILES string of the molecule is Cc1cccc(CCl)c1.Cc1cccc(CN2CCN(C(c3ccccc3)c3ccc(Cl)cc3)CC2)c1.Clc1ccc(C(c2ccccc2)N2CCCCC2)cc1. The molecule has 2 aliphatic heterocycles. The topological polar surface area (TPSA) is 9.72 Å². The summed E-state index contributed by atoms with van der Waals surface area (Å²) in [7, 11) is 0. The van der Waals surface area contributed by atoms with E-state index in [1.807, 2.05) is 36.4 Å². The van der Waals surface area contributed by atoms with Crippen LogP contribution in [-0.2, 0) is 12.4 Å². The number of piperidine rings is 1. The van der Waals surface area contributed by atoms with Crippen molar-refractivity contribution < 1.29 is 0 Å². The van der Waals surface area contributed by atoms with Crippen LogP contribution in [0.5, 0.6) is 0 Å². The maximum absolute atomic E-state index is 6.14. The minimum Gasteiger partial charge on any atom is -0.297 e. The molecular weight excluding hydrogens is 761 g/mol. The van der Waals surface area contributed by atoms with E-state index in [2.05, 4.69) is 150 Å². The van der Waals surface area contributed by atoms with Crippen LogP contribution in [0.2, 0.25) is 10.0 Å². The highest BCUT2D eigenvalue weighted by Gasteiger charge is 2.27. The molecule has 0 aromatic heterocycles. The molecule has 0 bridgehead atoms. The standard InChI is InChI=1S/C25H27ClN2.C18H20ClN.C8H9Cl/c1-20-6-5-7-21(18-20)19-27-14-16-28(17-15-27)25(22-8-3-2-4-9-22)23-10-12-24(26)13-11-23;19-17-11-9-16(10-12-17)18(15-7-3-1-4-8-15)20-13-5-2-6-14-20;1-7-3-2-4-8(5-7)6-9/h2-13,18,25H,14-17,19H2,1H3;1,3-4,7-12,18H,2,5-6,13-14H2;2-5H,6H2,1H3. The van der Waals surface area contributed by atoms with Crippen molar-refractivity contribution in [3.8, 4) is 0 Å². The quantitative estimate of drug-likeness (QED) is 0.135. The van der Waals surface area contributed by atoms with Gasteiger partial charge in [-0.05, 0) is 97.4 Å². The zero-order valence-electron chi connectivity index (χ0n) is 33.4. The van der Waals surface area contributed by atoms with Gasteiger partial charge < -0.3 is 0 Å². The van der Waals surface area contributed by atoms with Gasteiger partial charge in [0.1, 0.15) is 0 Å². The van der Waals surface area contributed by atoms with Crippen LogP contribution in [0.25, 0.3) is 0 Å². The Morgan fingerprint density at radius 2 is 0.860 bits per heavy atom. The molecule has 2 unspecified atom stereocenters. The summed E-state index contributed by atoms with van der Waals surface area (Å²) in [6.07, 6.45) is 3.96. The first-order valence-electron chi connectivity index (χ1n) is 20.3. The molecule has 0 saturated carbocycles. The van der Waals surface area contributed by atoms with E-state index >= 15 is 0 Å². The molecule has 6 heteroatoms. The number of likely N-dealkylation sites (tertiary alicyclic amines) is 1. The van der Waals surface area contributed by atoms with Crippen molar-refractivity contribution in [1.82, 2.24) is 14.7 Å². The van der Waals surface area contributed by atoms with Gasteiger partial charge in [-0.25, -0.2) is 0 Å². The predicted octanol–water partition coefficient (Wildman–Crippen LogP) is 13.2. The van der Waals surface area contributed by atoms with Crippen LogP contribution in [0.1, 0.15) is 75.9 Å². The van der Waals surface area contributed by atoms with Crippen LogP contribution < -0.4 is 0 Å². The molecule has 57 heavy (non-hydrogen) atoms. The zero-order chi connectivity index (χ0) is 39.8. The molecule has 2 saturated heterocycles. The van der Waals surface area contributed by atoms with Crippen LogP contribution in [0.4, 0.5) is 0 Å². The van der Waals surface area contributed by atoms with Crippen LogP contribution in [0.15, 0.2) is 158 Å². The minimum absolute atomic E-state index is 0.277. The third-order valence-electron chi connectivity index (χ3n) is 10.9. The average molecular weight is 817 g/mol. The summed E-state index contributed by atoms with van der Waals surface area (Å²) < 4.78 is 0. The maximum Gasteiger partial charge on any atom is 0.0602 e. The van der Waals surface area contributed by atoms with Crippen molar-refractivity contribution in [2.45, 2.75) is 57.6 Å². The van der Waals surface area contributed by atoms with Gasteiger partial charge in [0.25, 0.3) is 0 Å². The highest BCUT2D eigenvalue weighted by atomic mass is 35.5. The van der Waals surface area contributed by atoms with Gasteiger partial charge in [-0.3, -0.25) is 14.7 Å². The first kappa shape index (κ1) is 42.7. The average Bonchev–Trinajstić information content (AvgIpc) is 3.25. The Morgan fingerprint density at radius 3 is 1.30 bits per heavy atom. The summed E-state index contributed by atoms with van der Waals surface area (Å²) >= 11 is 17.8. The van der Waals surface area contributed by atoms with Crippen molar-refractivity contribution in [3.63, 3.8) is 0 Å². The summed E-state index contributed by atoms with van der Waals surface area (Å²) in [4.78, 5) is 7.77. The Morgan fingerprint density at radius 1 is 0.439 bits per heavy atom. The van der Waals surface area contributed by atoms with Crippen molar-refractivity contribution in [3.05, 3.63) is 212 Å². The summed E-state index contributed by atoms with van der Waals surface area (Å²) in [5.41, 5.74) is 10.6. The lowest BCUT2D eigenvalue weighted by Gasteiger charge is -2.40. The van der Waals surface area contributed by atoms with Crippen LogP contribution in [0, 0.1) is 13.8 Å². The number of hydrogen-bond acceptors (Lipinski definition) is 3. The van der Waals surface area contributed by atoms with E-state index in [4.69, 9.17) is 34.8 Å². The van der Waals surface area contributed by atoms with E-state index in [0.29, 0.717) is 11.9 Å². The number of hydrogen-bond donors (Lipinski definition) is 0. The molecule has 0 spiro atoms. The number of nitrogens with zero attached hydrogens (tertiary/aromatic N) is 3. The molecule has 2 atom stereocenters. The van der Waals surface area contributed by atoms with Crippen LogP contribution in [-0.4, -0.2) is 54.0 Å². The Hall–Kier alpha value is -3.93. The molecule has 0 N–H and O–H groups in total. The van der Waals surface area contributed by atoms with Gasteiger partial charge in [0.2, 0.25) is 0 Å². The second-order valence-electron chi connectivity index (χ2n) is 15.3. The minimum atomic E-state index is 0.277. The third kappa shape index (κ3) is 13.0. The van der Waals surface area contributed by atoms with Gasteiger partial charge >= 0.3 is 0 Å². The van der Waals surface area contributed by atoms with Crippen molar-refractivity contribution in [2.75, 3.05) is 39.3 Å². The highest BCUT2D eigenvalue weighted by Crippen LogP contribution is 2.32. The van der Waals surface area contributed by atoms with Crippen LogP contribution >= 0.6 is 34.8 Å². The lowest BCUT2D eigenvalue weighted by Crippen LogP contribution is -2.47. The Kier molecular flexibility index (Phi) is 16.7. The van der Waals surface area contributed by atoms with Gasteiger partial charge in [-0.15, -0.1) is 11.6 Å². The van der Waals surface area contributed by atoms with Gasteiger partial charge in [-0.1, -0.05) is 174 Å². The van der Waals surface area contributed by atoms with Crippen molar-refractivity contribution in [1.29, 1.82) is 0 Å². The molecule has 0 aliphatic carbocycles. The summed E-state index contributed by atoms with van der Waals surface area (Å²) in [5, 5.41) is 1.60. The van der Waals surface area contributed by atoms with Crippen molar-refractivity contribution in [2.24, 2.45) is 0 Å². The summed E-state index contributed by atoms with van der Waals surface area (Å²) in [6.45, 7) is 11.9. The number of piperazine rings is 1. The van der Waals surface area contributed by atoms with E-state index < -0.39 is 0 Å². The summed E-state index contributed by atoms with van der Waals surface area (Å²) in [6, 6.07) is 56.0. The zero-order valence-corrected chi connectivity index (χ0v) is 35.7. The monoisotopic (exact) mass is 815 g/mol. The van der Waals surface area contributed by atoms with Gasteiger partial charge in [0.15, 0.2) is 0 Å². The lowest BCUT2D eigenvalue weighted by molar-refractivity contribution is 0.105. The fourth-order valence-electron chi connectivity index (χ4n) is 8.01. The van der Waals surface area contributed by atoms with E-state index in [1.54, 1.807) is 0 Å². The van der Waals surface area contributed by atoms with E-state index in [0.717, 1.165) is 42.8 Å². The number of benzene rings is 6. The number of aryl methyl sites for hydroxylation is 2. The van der Waals surface area contributed by atoms with Gasteiger partial charge in [0, 0.05) is 48.6 Å². The molecule has 0 radical (unpaired) electrons. The largest absolute Gasteiger partial charge is 0.297 e. The Labute approximate surface area is 356 Å². The number of halogens is 3. The fraction of sp³-hybridized carbons (Fsp3) is 0.294. The molecule has 6 aromatic carbocycles. The number of rotatable bonds is 9. The predicted molar refractivity (Wildman–Crippen MR) is 244 cm³/mol. The third-order valence-corrected chi connectivity index (χ3v) is 11.7. The van der Waals surface area contributed by atoms with E-state index in [-0.39, 0.29) is 6.04 Å². The first-order chi connectivity index (χ1) is 27.9. The molecule has 2 aliphatic rings. The molecule has 296 valence electrons. The highest BCUT2D eigenvalue weighted by molar-refractivity contribution is 6.30. The van der Waals surface area contributed by atoms with E-state index in [1.165, 1.54) is 76.9 Å². The maximum atomic E-state index is 6.14. The smallest absolute Gasteiger partial charge is 0.0602 e. The van der Waals surface area contributed by atoms with Gasteiger partial charge in [-0.2, -0.15) is 0 Å². The van der Waals surface area contributed by atoms with E-state index in [9.17, 15) is 0 Å². The first-order valence-corrected chi connectivity index (χ1v) is 21.6. The Balaban J connectivity index is 0.000000164. The lowest BCUT2D eigenvalue weighted by atomic mass is 9.95. The fourth-order valence-corrected chi connectivity index (χ4v) is 8.43. The van der Waals surface area contributed by atoms with Gasteiger partial charge in [0.05, 0.1) is 12.1 Å². The second kappa shape index (κ2) is 22.3. The molecule has 0 amide bonds. The molecule has 8 rings (SSSR count). The molecular formula is C51H56Cl3N3. The van der Waals surface area contributed by atoms with Crippen molar-refractivity contribution >= 4 is 34.8 Å². The van der Waals surface area contributed by atoms with Crippen LogP contribution in [0.3, 0.4) is 0 Å². The normalized spacial score (nSPS) is 16.0.